The molecule has 20 heavy (non-hydrogen) atoms. The Labute approximate surface area is 153 Å². The summed E-state index contributed by atoms with van der Waals surface area (Å²) in [4.78, 5) is 39.0. The monoisotopic (exact) mass is 384 g/mol. The number of halogens is 1. The molecule has 0 fully saturated rings. The quantitative estimate of drug-likeness (QED) is 0.321. The summed E-state index contributed by atoms with van der Waals surface area (Å²) in [5, 5.41) is 35.4. The van der Waals surface area contributed by atoms with E-state index in [1.807, 2.05) is 0 Å². The van der Waals surface area contributed by atoms with E-state index in [2.05, 4.69) is 0 Å². The molecule has 0 saturated carbocycles. The molecule has 112 valence electrons. The normalized spacial score (nSPS) is 11.3. The third-order valence-corrected chi connectivity index (χ3v) is 1.39. The first kappa shape index (κ1) is 27.8. The van der Waals surface area contributed by atoms with Crippen molar-refractivity contribution in [3.63, 3.8) is 0 Å². The summed E-state index contributed by atoms with van der Waals surface area (Å²) < 4.78 is 0. The zero-order valence-corrected chi connectivity index (χ0v) is 14.1. The molecule has 0 aromatic heterocycles. The van der Waals surface area contributed by atoms with Gasteiger partial charge in [0.05, 0.1) is 36.9 Å². The fraction of sp³-hybridized carbons (Fsp3) is 0.500. The average molecular weight is 385 g/mol. The molecule has 0 aromatic carbocycles. The number of carboxylic acids is 4. The molecule has 12 heteroatoms. The molecule has 0 aromatic rings. The van der Waals surface area contributed by atoms with Crippen molar-refractivity contribution in [3.05, 3.63) is 0 Å². The average Bonchev–Trinajstić information content (AvgIpc) is 2.16. The third kappa shape index (κ3) is 19.9. The van der Waals surface area contributed by atoms with Crippen LogP contribution in [0.1, 0.15) is 12.8 Å². The van der Waals surface area contributed by atoms with E-state index in [-0.39, 0.29) is 54.7 Å². The summed E-state index contributed by atoms with van der Waals surface area (Å²) in [6, 6.07) is -2.80. The van der Waals surface area contributed by atoms with E-state index in [9.17, 15) is 29.4 Å². The maximum atomic E-state index is 9.74. The molecule has 6 N–H and O–H groups in total. The predicted octanol–water partition coefficient (Wildman–Crippen LogP) is -4.73. The first-order valence-electron chi connectivity index (χ1n) is 4.44. The molecule has 0 aliphatic carbocycles. The minimum absolute atomic E-state index is 0. The van der Waals surface area contributed by atoms with Crippen molar-refractivity contribution in [1.29, 1.82) is 0 Å². The molecule has 0 radical (unpaired) electrons. The standard InChI is InChI=1S/2C4H7NO4.BrH.Ca/c2*5-2(4(8)9)1-3(6)7;;/h2*2H,1,5H2,(H,6,7)(H,8,9);1H;/q;;;+2/p-2/t2*2-;;/m00../s1. The van der Waals surface area contributed by atoms with Crippen LogP contribution in [0.3, 0.4) is 0 Å². The number of carboxylic acid groups (broad SMARTS) is 4. The second-order valence-corrected chi connectivity index (χ2v) is 3.05. The minimum atomic E-state index is -1.54. The largest absolute Gasteiger partial charge is 2.00 e. The number of carbonyl (C=O) groups excluding carboxylic acids is 2. The Morgan fingerprint density at radius 3 is 1.10 bits per heavy atom. The van der Waals surface area contributed by atoms with Crippen LogP contribution in [0.2, 0.25) is 0 Å². The van der Waals surface area contributed by atoms with Crippen LogP contribution in [0.5, 0.6) is 0 Å². The van der Waals surface area contributed by atoms with Gasteiger partial charge in [-0.1, -0.05) is 0 Å². The van der Waals surface area contributed by atoms with Gasteiger partial charge in [-0.3, -0.25) is 9.59 Å². The molecule has 0 aliphatic heterocycles. The predicted molar refractivity (Wildman–Crippen MR) is 66.5 cm³/mol. The molecular formula is C8H13BrCaN2O8. The third-order valence-electron chi connectivity index (χ3n) is 1.39. The van der Waals surface area contributed by atoms with Crippen molar-refractivity contribution in [2.75, 3.05) is 0 Å². The van der Waals surface area contributed by atoms with Crippen LogP contribution < -0.4 is 21.7 Å². The van der Waals surface area contributed by atoms with Crippen LogP contribution in [-0.4, -0.2) is 83.9 Å². The minimum Gasteiger partial charge on any atom is -0.548 e. The number of rotatable bonds is 6. The number of hydrogen-bond acceptors (Lipinski definition) is 8. The molecule has 0 rings (SSSR count). The Bertz CT molecular complexity index is 308. The number of carbonyl (C=O) groups is 4. The second kappa shape index (κ2) is 14.9. The smallest absolute Gasteiger partial charge is 0.548 e. The number of hydrogen-bond donors (Lipinski definition) is 4. The Morgan fingerprint density at radius 1 is 0.850 bits per heavy atom. The van der Waals surface area contributed by atoms with E-state index in [1.54, 1.807) is 0 Å². The second-order valence-electron chi connectivity index (χ2n) is 3.05. The van der Waals surface area contributed by atoms with Crippen molar-refractivity contribution < 1.29 is 39.6 Å². The van der Waals surface area contributed by atoms with Gasteiger partial charge in [-0.2, -0.15) is 0 Å². The van der Waals surface area contributed by atoms with E-state index < -0.39 is 48.8 Å². The summed E-state index contributed by atoms with van der Waals surface area (Å²) in [6.07, 6.45) is -1.19. The van der Waals surface area contributed by atoms with Gasteiger partial charge in [0, 0.05) is 0 Å². The van der Waals surface area contributed by atoms with Gasteiger partial charge < -0.3 is 41.5 Å². The Hall–Kier alpha value is -0.460. The van der Waals surface area contributed by atoms with E-state index >= 15 is 0 Å². The van der Waals surface area contributed by atoms with Gasteiger partial charge >= 0.3 is 49.7 Å². The van der Waals surface area contributed by atoms with Gasteiger partial charge in [0.25, 0.3) is 0 Å². The zero-order chi connectivity index (χ0) is 14.9. The van der Waals surface area contributed by atoms with Gasteiger partial charge in [0.15, 0.2) is 0 Å². The Morgan fingerprint density at radius 2 is 1.05 bits per heavy atom. The van der Waals surface area contributed by atoms with Gasteiger partial charge in [0.2, 0.25) is 0 Å². The van der Waals surface area contributed by atoms with E-state index in [1.165, 1.54) is 0 Å². The Balaban J connectivity index is -0.000000116. The number of aliphatic carboxylic acids is 4. The fourth-order valence-corrected chi connectivity index (χ4v) is 0.543. The first-order chi connectivity index (χ1) is 8.07. The fourth-order valence-electron chi connectivity index (χ4n) is 0.543. The molecule has 0 aliphatic rings. The van der Waals surface area contributed by atoms with Gasteiger partial charge in [-0.25, -0.2) is 0 Å². The maximum absolute atomic E-state index is 9.74. The molecule has 0 saturated heterocycles. The van der Waals surface area contributed by atoms with E-state index in [4.69, 9.17) is 21.7 Å². The Kier molecular flexibility index (Phi) is 20.8. The SMILES string of the molecule is Br.N[C@@H](CC(=O)O)C(=O)[O-].N[C@@H](CC(=O)O)C(=O)[O-].[Ca+2]. The van der Waals surface area contributed by atoms with Crippen LogP contribution in [0.25, 0.3) is 0 Å². The van der Waals surface area contributed by atoms with Gasteiger partial charge in [-0.15, -0.1) is 17.0 Å². The molecule has 10 nitrogen and oxygen atoms in total. The topological polar surface area (TPSA) is 207 Å². The number of nitrogens with two attached hydrogens (primary N) is 2. The van der Waals surface area contributed by atoms with Crippen LogP contribution in [0.4, 0.5) is 0 Å². The van der Waals surface area contributed by atoms with Crippen LogP contribution in [0, 0.1) is 0 Å². The molecular weight excluding hydrogens is 372 g/mol. The van der Waals surface area contributed by atoms with Gasteiger partial charge in [-0.05, 0) is 0 Å². The molecule has 0 bridgehead atoms. The van der Waals surface area contributed by atoms with Crippen LogP contribution in [-0.2, 0) is 19.2 Å². The van der Waals surface area contributed by atoms with Crippen molar-refractivity contribution >= 4 is 78.6 Å². The summed E-state index contributed by atoms with van der Waals surface area (Å²) in [6.45, 7) is 0. The van der Waals surface area contributed by atoms with Crippen molar-refractivity contribution in [2.24, 2.45) is 11.5 Å². The summed E-state index contributed by atoms with van der Waals surface area (Å²) in [5.41, 5.74) is 9.55. The maximum Gasteiger partial charge on any atom is 2.00 e. The van der Waals surface area contributed by atoms with Crippen molar-refractivity contribution in [1.82, 2.24) is 0 Å². The molecule has 0 amide bonds. The molecule has 0 spiro atoms. The summed E-state index contributed by atoms with van der Waals surface area (Å²) in [5.74, 6) is -5.58. The first-order valence-corrected chi connectivity index (χ1v) is 4.44. The van der Waals surface area contributed by atoms with E-state index in [0.29, 0.717) is 0 Å². The molecule has 0 heterocycles. The van der Waals surface area contributed by atoms with E-state index in [0.717, 1.165) is 0 Å². The summed E-state index contributed by atoms with van der Waals surface area (Å²) >= 11 is 0. The zero-order valence-electron chi connectivity index (χ0n) is 10.2. The molecule has 0 unspecified atom stereocenters. The van der Waals surface area contributed by atoms with Crippen LogP contribution in [0.15, 0.2) is 0 Å². The van der Waals surface area contributed by atoms with Crippen LogP contribution >= 0.6 is 17.0 Å². The summed E-state index contributed by atoms with van der Waals surface area (Å²) in [7, 11) is 0. The molecule has 2 atom stereocenters. The van der Waals surface area contributed by atoms with Crippen molar-refractivity contribution in [2.45, 2.75) is 24.9 Å². The van der Waals surface area contributed by atoms with Gasteiger partial charge in [0.1, 0.15) is 0 Å². The van der Waals surface area contributed by atoms with Crippen molar-refractivity contribution in [3.8, 4) is 0 Å².